The van der Waals surface area contributed by atoms with Gasteiger partial charge in [0, 0.05) is 28.1 Å². The van der Waals surface area contributed by atoms with Crippen LogP contribution >= 0.6 is 43.6 Å². The summed E-state index contributed by atoms with van der Waals surface area (Å²) in [6.45, 7) is 0. The summed E-state index contributed by atoms with van der Waals surface area (Å²) in [5, 5.41) is 13.3. The molecule has 0 aliphatic carbocycles. The van der Waals surface area contributed by atoms with Gasteiger partial charge in [-0.15, -0.1) is 10.2 Å². The lowest BCUT2D eigenvalue weighted by Crippen LogP contribution is -2.20. The van der Waals surface area contributed by atoms with Crippen molar-refractivity contribution in [1.29, 1.82) is 0 Å². The van der Waals surface area contributed by atoms with Crippen LogP contribution in [0.4, 0.5) is 0 Å². The first kappa shape index (κ1) is 24.1. The van der Waals surface area contributed by atoms with E-state index in [9.17, 15) is 4.79 Å². The second kappa shape index (κ2) is 11.4. The topological polar surface area (TPSA) is 94.3 Å². The average molecular weight is 602 g/mol. The number of carbonyl (C=O) groups excluding carboxylic acids is 1. The third-order valence-electron chi connectivity index (χ3n) is 4.57. The molecule has 4 rings (SSSR count). The Morgan fingerprint density at radius 1 is 1.12 bits per heavy atom. The number of rotatable bonds is 8. The van der Waals surface area contributed by atoms with Gasteiger partial charge in [-0.25, -0.2) is 5.43 Å². The molecule has 1 amide bonds. The standard InChI is InChI=1S/C23H18Br2N6O2S/c1-33-20-7-2-15(12-19(20)25)13-27-28-21(32)14-34-23-30-29-22(16-8-10-26-11-9-16)31(23)18-5-3-17(24)4-6-18/h2-13H,14H2,1H3,(H,28,32). The van der Waals surface area contributed by atoms with Crippen molar-refractivity contribution in [2.24, 2.45) is 5.10 Å². The van der Waals surface area contributed by atoms with E-state index < -0.39 is 0 Å². The summed E-state index contributed by atoms with van der Waals surface area (Å²) in [6, 6.07) is 17.1. The average Bonchev–Trinajstić information content (AvgIpc) is 3.28. The van der Waals surface area contributed by atoms with Gasteiger partial charge in [0.15, 0.2) is 11.0 Å². The van der Waals surface area contributed by atoms with Crippen molar-refractivity contribution in [3.8, 4) is 22.8 Å². The Kier molecular flexibility index (Phi) is 8.09. The molecule has 0 aliphatic heterocycles. The third kappa shape index (κ3) is 5.91. The van der Waals surface area contributed by atoms with E-state index in [0.717, 1.165) is 31.5 Å². The Balaban J connectivity index is 1.47. The molecule has 2 heterocycles. The van der Waals surface area contributed by atoms with Gasteiger partial charge in [-0.1, -0.05) is 27.7 Å². The van der Waals surface area contributed by atoms with Gasteiger partial charge >= 0.3 is 0 Å². The summed E-state index contributed by atoms with van der Waals surface area (Å²) in [4.78, 5) is 16.5. The van der Waals surface area contributed by atoms with Crippen LogP contribution in [0.3, 0.4) is 0 Å². The summed E-state index contributed by atoms with van der Waals surface area (Å²) in [5.74, 6) is 1.24. The lowest BCUT2D eigenvalue weighted by molar-refractivity contribution is -0.118. The first-order valence-electron chi connectivity index (χ1n) is 9.95. The predicted molar refractivity (Wildman–Crippen MR) is 139 cm³/mol. The summed E-state index contributed by atoms with van der Waals surface area (Å²) >= 11 is 8.17. The molecule has 0 saturated heterocycles. The monoisotopic (exact) mass is 600 g/mol. The molecular weight excluding hydrogens is 584 g/mol. The van der Waals surface area contributed by atoms with Gasteiger partial charge in [0.1, 0.15) is 5.75 Å². The summed E-state index contributed by atoms with van der Waals surface area (Å²) < 4.78 is 8.89. The van der Waals surface area contributed by atoms with Gasteiger partial charge in [0.25, 0.3) is 5.91 Å². The van der Waals surface area contributed by atoms with E-state index in [0.29, 0.717) is 11.0 Å². The highest BCUT2D eigenvalue weighted by atomic mass is 79.9. The zero-order chi connectivity index (χ0) is 23.9. The Labute approximate surface area is 217 Å². The largest absolute Gasteiger partial charge is 0.496 e. The first-order valence-corrected chi connectivity index (χ1v) is 12.5. The number of nitrogens with zero attached hydrogens (tertiary/aromatic N) is 5. The molecule has 0 fully saturated rings. The van der Waals surface area contributed by atoms with E-state index in [-0.39, 0.29) is 11.7 Å². The molecule has 1 N–H and O–H groups in total. The van der Waals surface area contributed by atoms with Crippen LogP contribution in [-0.2, 0) is 4.79 Å². The molecule has 0 bridgehead atoms. The minimum Gasteiger partial charge on any atom is -0.496 e. The van der Waals surface area contributed by atoms with Crippen molar-refractivity contribution >= 4 is 55.7 Å². The van der Waals surface area contributed by atoms with Gasteiger partial charge in [-0.05, 0) is 76.1 Å². The van der Waals surface area contributed by atoms with Crippen molar-refractivity contribution in [2.75, 3.05) is 12.9 Å². The predicted octanol–water partition coefficient (Wildman–Crippen LogP) is 5.11. The fourth-order valence-electron chi connectivity index (χ4n) is 2.98. The van der Waals surface area contributed by atoms with E-state index in [1.54, 1.807) is 25.7 Å². The molecular formula is C23H18Br2N6O2S. The number of hydrogen-bond donors (Lipinski definition) is 1. The Hall–Kier alpha value is -3.02. The SMILES string of the molecule is COc1ccc(C=NNC(=O)CSc2nnc(-c3ccncc3)n2-c2ccc(Br)cc2)cc1Br. The first-order chi connectivity index (χ1) is 16.5. The van der Waals surface area contributed by atoms with E-state index >= 15 is 0 Å². The Morgan fingerprint density at radius 2 is 1.88 bits per heavy atom. The maximum Gasteiger partial charge on any atom is 0.250 e. The molecule has 0 saturated carbocycles. The maximum absolute atomic E-state index is 12.4. The minimum atomic E-state index is -0.260. The van der Waals surface area contributed by atoms with Gasteiger partial charge in [0.2, 0.25) is 0 Å². The summed E-state index contributed by atoms with van der Waals surface area (Å²) in [5.41, 5.74) is 5.12. The maximum atomic E-state index is 12.4. The molecule has 0 atom stereocenters. The number of thioether (sulfide) groups is 1. The zero-order valence-electron chi connectivity index (χ0n) is 17.9. The lowest BCUT2D eigenvalue weighted by atomic mass is 10.2. The van der Waals surface area contributed by atoms with Crippen LogP contribution < -0.4 is 10.2 Å². The van der Waals surface area contributed by atoms with Crippen LogP contribution in [0.15, 0.2) is 86.2 Å². The molecule has 4 aromatic rings. The number of halogens is 2. The van der Waals surface area contributed by atoms with E-state index in [2.05, 4.69) is 57.6 Å². The third-order valence-corrected chi connectivity index (χ3v) is 6.65. The van der Waals surface area contributed by atoms with Crippen molar-refractivity contribution in [3.05, 3.63) is 81.5 Å². The number of amides is 1. The van der Waals surface area contributed by atoms with Crippen molar-refractivity contribution in [2.45, 2.75) is 5.16 Å². The van der Waals surface area contributed by atoms with Crippen LogP contribution in [0.1, 0.15) is 5.56 Å². The Bertz CT molecular complexity index is 1310. The number of nitrogens with one attached hydrogen (secondary N) is 1. The van der Waals surface area contributed by atoms with E-state index in [1.807, 2.05) is 59.2 Å². The van der Waals surface area contributed by atoms with E-state index in [1.165, 1.54) is 11.8 Å². The molecule has 11 heteroatoms. The van der Waals surface area contributed by atoms with Crippen molar-refractivity contribution in [3.63, 3.8) is 0 Å². The van der Waals surface area contributed by atoms with Crippen LogP contribution in [0, 0.1) is 0 Å². The number of methoxy groups -OCH3 is 1. The molecule has 2 aromatic heterocycles. The van der Waals surface area contributed by atoms with Crippen LogP contribution in [0.5, 0.6) is 5.75 Å². The molecule has 0 unspecified atom stereocenters. The number of aromatic nitrogens is 4. The van der Waals surface area contributed by atoms with Gasteiger partial charge < -0.3 is 4.74 Å². The van der Waals surface area contributed by atoms with Crippen molar-refractivity contribution < 1.29 is 9.53 Å². The molecule has 8 nitrogen and oxygen atoms in total. The zero-order valence-corrected chi connectivity index (χ0v) is 21.8. The quantitative estimate of drug-likeness (QED) is 0.171. The van der Waals surface area contributed by atoms with E-state index in [4.69, 9.17) is 4.74 Å². The molecule has 172 valence electrons. The summed E-state index contributed by atoms with van der Waals surface area (Å²) in [7, 11) is 1.60. The summed E-state index contributed by atoms with van der Waals surface area (Å²) in [6.07, 6.45) is 4.98. The lowest BCUT2D eigenvalue weighted by Gasteiger charge is -2.10. The minimum absolute atomic E-state index is 0.120. The number of ether oxygens (including phenoxy) is 1. The van der Waals surface area contributed by atoms with Crippen molar-refractivity contribution in [1.82, 2.24) is 25.2 Å². The number of pyridine rings is 1. The highest BCUT2D eigenvalue weighted by Crippen LogP contribution is 2.28. The number of hydrazone groups is 1. The number of benzene rings is 2. The normalized spacial score (nSPS) is 11.0. The fraction of sp³-hybridized carbons (Fsp3) is 0.0870. The van der Waals surface area contributed by atoms with Crippen LogP contribution in [0.25, 0.3) is 17.1 Å². The van der Waals surface area contributed by atoms with Gasteiger partial charge in [0.05, 0.1) is 23.5 Å². The van der Waals surface area contributed by atoms with Gasteiger partial charge in [-0.2, -0.15) is 5.10 Å². The smallest absolute Gasteiger partial charge is 0.250 e. The molecule has 0 spiro atoms. The molecule has 34 heavy (non-hydrogen) atoms. The fourth-order valence-corrected chi connectivity index (χ4v) is 4.55. The van der Waals surface area contributed by atoms with Gasteiger partial charge in [-0.3, -0.25) is 14.3 Å². The Morgan fingerprint density at radius 3 is 2.59 bits per heavy atom. The van der Waals surface area contributed by atoms with Crippen LogP contribution in [0.2, 0.25) is 0 Å². The molecule has 0 aliphatic rings. The highest BCUT2D eigenvalue weighted by Gasteiger charge is 2.17. The second-order valence-corrected chi connectivity index (χ2v) is 9.54. The molecule has 2 aromatic carbocycles. The number of hydrogen-bond acceptors (Lipinski definition) is 7. The van der Waals surface area contributed by atoms with Crippen LogP contribution in [-0.4, -0.2) is 44.7 Å². The molecule has 0 radical (unpaired) electrons. The highest BCUT2D eigenvalue weighted by molar-refractivity contribution is 9.10. The second-order valence-electron chi connectivity index (χ2n) is 6.83. The number of carbonyl (C=O) groups is 1.